The highest BCUT2D eigenvalue weighted by molar-refractivity contribution is 7.98. The van der Waals surface area contributed by atoms with Crippen molar-refractivity contribution >= 4 is 184 Å². The molecule has 0 fully saturated rings. The smallest absolute Gasteiger partial charge is 0.326 e. The van der Waals surface area contributed by atoms with Gasteiger partial charge in [-0.25, -0.2) is 4.79 Å². The number of carbonyl (C=O) groups is 23. The summed E-state index contributed by atoms with van der Waals surface area (Å²) in [6, 6.07) is -17.5. The van der Waals surface area contributed by atoms with E-state index < -0.39 is 326 Å². The van der Waals surface area contributed by atoms with E-state index in [-0.39, 0.29) is 121 Å². The number of carboxylic acids is 4. The second-order valence-electron chi connectivity index (χ2n) is 36.2. The van der Waals surface area contributed by atoms with Gasteiger partial charge in [0.05, 0.1) is 32.0 Å². The summed E-state index contributed by atoms with van der Waals surface area (Å²) in [5.41, 5.74) is 28.3. The Labute approximate surface area is 878 Å². The third-order valence-corrected chi connectivity index (χ3v) is 25.0. The van der Waals surface area contributed by atoms with Crippen LogP contribution >= 0.6 is 36.2 Å². The van der Waals surface area contributed by atoms with Gasteiger partial charge in [-0.3, -0.25) is 116 Å². The van der Waals surface area contributed by atoms with Crippen LogP contribution in [0.2, 0.25) is 0 Å². The highest BCUT2D eigenvalue weighted by Gasteiger charge is 2.41. The number of hydrogen-bond donors (Lipinski definition) is 32. The van der Waals surface area contributed by atoms with Crippen LogP contribution in [0.3, 0.4) is 0 Å². The van der Waals surface area contributed by atoms with E-state index >= 15 is 0 Å². The van der Waals surface area contributed by atoms with Crippen molar-refractivity contribution in [2.45, 2.75) is 300 Å². The number of rotatable bonds is 76. The summed E-state index contributed by atoms with van der Waals surface area (Å²) in [6.45, 7) is 14.1. The molecule has 36 N–H and O–H groups in total. The molecular weight excluding hydrogens is 2010 g/mol. The van der Waals surface area contributed by atoms with Gasteiger partial charge in [0.25, 0.3) is 0 Å². The Bertz CT molecular complexity index is 4670. The van der Waals surface area contributed by atoms with Crippen LogP contribution in [0, 0.1) is 34.5 Å². The molecule has 1 aromatic carbocycles. The van der Waals surface area contributed by atoms with Crippen molar-refractivity contribution in [3.63, 3.8) is 0 Å². The molecule has 149 heavy (non-hydrogen) atoms. The van der Waals surface area contributed by atoms with Crippen molar-refractivity contribution in [2.24, 2.45) is 52.3 Å². The second kappa shape index (κ2) is 72.0. The Kier molecular flexibility index (Phi) is 64.5. The monoisotopic (exact) mass is 2170 g/mol. The molecule has 1 rings (SSSR count). The van der Waals surface area contributed by atoms with E-state index in [1.54, 1.807) is 98.2 Å². The van der Waals surface area contributed by atoms with Crippen LogP contribution in [0.15, 0.2) is 30.3 Å². The molecule has 0 aromatic heterocycles. The fourth-order valence-corrected chi connectivity index (χ4v) is 15.4. The SMILES string of the molecule is CC[C@H](C)[C@H](NC(=O)CNC(=O)[C@H](CCC(=O)O)NC(=O)CNC(=O)[C@H](CCCCN)NC(=O)[C@H](C)NC(=O)[C@H](CCSC)NC(=O)[C@H](CC(C)C)NC(=O)[C@H](CC(=O)O)NC(=O)[C@H](Cc1ccccc1)NC(=O)[C@H](C)N)C(=O)N[C@@H](CCCNC(=N)N)C(=O)N[C@@H](CS)C(=O)N[C@H](C(=O)N[C@H](C(=O)N[C@@H](CCCNC(=N)N)C(=O)N[C@@H](CCSC)C(=O)N[C@@H](CCC(=O)O)C(=O)N[C@@H](CC(N)=O)C(=O)O)[C@@H](C)CC)[C@@H](C)CC. The van der Waals surface area contributed by atoms with Crippen LogP contribution in [-0.4, -0.2) is 334 Å². The third kappa shape index (κ3) is 53.8. The highest BCUT2D eigenvalue weighted by Crippen LogP contribution is 2.19. The second-order valence-corrected chi connectivity index (χ2v) is 38.5. The van der Waals surface area contributed by atoms with Gasteiger partial charge in [0.1, 0.15) is 96.7 Å². The fourth-order valence-electron chi connectivity index (χ4n) is 14.2. The van der Waals surface area contributed by atoms with E-state index in [0.717, 1.165) is 0 Å². The van der Waals surface area contributed by atoms with Crippen molar-refractivity contribution in [3.8, 4) is 0 Å². The van der Waals surface area contributed by atoms with Crippen molar-refractivity contribution in [3.05, 3.63) is 35.9 Å². The first-order chi connectivity index (χ1) is 70.1. The van der Waals surface area contributed by atoms with Gasteiger partial charge in [-0.1, -0.05) is 105 Å². The molecule has 0 radical (unpaired) electrons. The standard InChI is InChI=1S/C92H155N27O27S3/c1-13-47(6)71(87(142)110-55(27-22-36-101-92(98)99)80(135)116-64(45-147)86(141)118-73(49(8)15-3)89(144)119-72(48(7)14-2)88(143)111-54(26-21-35-100-91(96)97)79(134)108-59(33-38-149-12)82(137)107-57(29-31-69(125)126)81(136)115-63(90(145)146)41-65(95)120)117-67(122)44-103-77(132)56(28-30-68(123)124)105-66(121)43-102-76(131)53(25-19-20-34-93)106-75(130)51(10)104-78(133)58(32-37-148-11)109-83(138)60(39-46(4)5)113-85(140)62(42-70(127)128)114-84(139)61(112-74(129)50(9)94)40-52-23-17-16-18-24-52/h16-18,23-24,46-51,53-64,71-73,147H,13-15,19-22,25-45,93-94H2,1-12H3,(H2,95,120)(H,102,131)(H,103,132)(H,104,133)(H,105,121)(H,106,130)(H,107,137)(H,108,134)(H,109,138)(H,110,142)(H,111,143)(H,112,129)(H,113,140)(H,114,139)(H,115,136)(H,116,135)(H,117,122)(H,118,141)(H,119,144)(H,123,124)(H,125,126)(H,127,128)(H,145,146)(H4,96,97,100)(H4,98,99,101)/t47-,48-,49-,50-,51-,53-,54-,55-,56-,57-,58-,59-,60-,61-,62-,63-,64-,71-,72-,73-/m0/s1. The molecule has 0 saturated heterocycles. The molecule has 0 aliphatic carbocycles. The number of carboxylic acid groups (broad SMARTS) is 4. The maximum Gasteiger partial charge on any atom is 0.326 e. The van der Waals surface area contributed by atoms with Crippen molar-refractivity contribution < 1.29 is 131 Å². The zero-order valence-electron chi connectivity index (χ0n) is 86.1. The van der Waals surface area contributed by atoms with Crippen molar-refractivity contribution in [2.75, 3.05) is 62.5 Å². The first-order valence-electron chi connectivity index (χ1n) is 48.9. The molecule has 0 saturated carbocycles. The summed E-state index contributed by atoms with van der Waals surface area (Å²) in [7, 11) is 0. The third-order valence-electron chi connectivity index (χ3n) is 23.4. The topological polar surface area (TPSA) is 892 Å². The summed E-state index contributed by atoms with van der Waals surface area (Å²) in [6.07, 6.45) is -0.758. The number of thiol groups is 1. The number of hydrogen-bond acceptors (Lipinski definition) is 30. The van der Waals surface area contributed by atoms with Gasteiger partial charge in [0.2, 0.25) is 112 Å². The summed E-state index contributed by atoms with van der Waals surface area (Å²) in [4.78, 5) is 313. The van der Waals surface area contributed by atoms with Gasteiger partial charge < -0.3 is 155 Å². The van der Waals surface area contributed by atoms with E-state index in [9.17, 15) is 131 Å². The Morgan fingerprint density at radius 1 is 0.356 bits per heavy atom. The zero-order valence-corrected chi connectivity index (χ0v) is 88.7. The average molecular weight is 2170 g/mol. The quantitative estimate of drug-likeness (QED) is 0.0125. The Hall–Kier alpha value is -13.5. The van der Waals surface area contributed by atoms with E-state index in [2.05, 4.69) is 119 Å². The lowest BCUT2D eigenvalue weighted by Crippen LogP contribution is -2.62. The number of primary amides is 1. The lowest BCUT2D eigenvalue weighted by molar-refractivity contribution is -0.144. The lowest BCUT2D eigenvalue weighted by atomic mass is 9.94. The number of nitrogens with one attached hydrogen (secondary N) is 22. The predicted octanol–water partition coefficient (Wildman–Crippen LogP) is -6.97. The molecule has 0 bridgehead atoms. The minimum absolute atomic E-state index is 0.0164. The summed E-state index contributed by atoms with van der Waals surface area (Å²) in [5.74, 6) is -28.4. The van der Waals surface area contributed by atoms with E-state index in [1.807, 2.05) is 0 Å². The van der Waals surface area contributed by atoms with Crippen LogP contribution in [0.5, 0.6) is 0 Å². The van der Waals surface area contributed by atoms with E-state index in [0.29, 0.717) is 12.0 Å². The minimum Gasteiger partial charge on any atom is -0.481 e. The number of benzene rings is 1. The van der Waals surface area contributed by atoms with Gasteiger partial charge in [0, 0.05) is 38.1 Å². The summed E-state index contributed by atoms with van der Waals surface area (Å²) < 4.78 is 0. The molecule has 19 amide bonds. The van der Waals surface area contributed by atoms with E-state index in [1.165, 1.54) is 37.4 Å². The molecule has 1 aromatic rings. The Morgan fingerprint density at radius 2 is 0.698 bits per heavy atom. The molecule has 0 aliphatic heterocycles. The number of guanidine groups is 2. The number of thioether (sulfide) groups is 2. The van der Waals surface area contributed by atoms with Crippen molar-refractivity contribution in [1.29, 1.82) is 10.8 Å². The summed E-state index contributed by atoms with van der Waals surface area (Å²) in [5, 5.41) is 104. The van der Waals surface area contributed by atoms with Crippen LogP contribution in [0.1, 0.15) is 197 Å². The average Bonchev–Trinajstić information content (AvgIpc) is 0.836. The largest absolute Gasteiger partial charge is 0.481 e. The highest BCUT2D eigenvalue weighted by atomic mass is 32.2. The van der Waals surface area contributed by atoms with Gasteiger partial charge in [0.15, 0.2) is 11.9 Å². The van der Waals surface area contributed by atoms with Gasteiger partial charge in [-0.05, 0) is 151 Å². The molecule has 57 heteroatoms. The van der Waals surface area contributed by atoms with Crippen LogP contribution < -0.4 is 135 Å². The first kappa shape index (κ1) is 134. The van der Waals surface area contributed by atoms with Gasteiger partial charge in [-0.2, -0.15) is 36.2 Å². The maximum absolute atomic E-state index is 14.7. The Morgan fingerprint density at radius 3 is 1.11 bits per heavy atom. The normalized spacial score (nSPS) is 15.1. The van der Waals surface area contributed by atoms with Gasteiger partial charge in [-0.15, -0.1) is 0 Å². The summed E-state index contributed by atoms with van der Waals surface area (Å²) >= 11 is 6.87. The number of carbonyl (C=O) groups excluding carboxylic acids is 19. The molecule has 0 aliphatic rings. The number of aliphatic carboxylic acids is 4. The fraction of sp³-hybridized carbons (Fsp3) is 0.663. The molecule has 54 nitrogen and oxygen atoms in total. The van der Waals surface area contributed by atoms with Crippen LogP contribution in [-0.2, 0) is 117 Å². The predicted molar refractivity (Wildman–Crippen MR) is 553 cm³/mol. The minimum atomic E-state index is -1.88. The molecule has 838 valence electrons. The lowest BCUT2D eigenvalue weighted by Gasteiger charge is -2.31. The van der Waals surface area contributed by atoms with E-state index in [4.69, 9.17) is 39.5 Å². The number of amides is 19. The zero-order chi connectivity index (χ0) is 113. The molecule has 20 atom stereocenters. The molecule has 0 spiro atoms. The number of unbranched alkanes of at least 4 members (excludes halogenated alkanes) is 1. The van der Waals surface area contributed by atoms with Crippen molar-refractivity contribution in [1.82, 2.24) is 106 Å². The Balaban J connectivity index is 3.55. The number of nitrogens with two attached hydrogens (primary N) is 5. The van der Waals surface area contributed by atoms with Gasteiger partial charge >= 0.3 is 23.9 Å². The van der Waals surface area contributed by atoms with Crippen LogP contribution in [0.25, 0.3) is 0 Å². The molecule has 0 heterocycles. The van der Waals surface area contributed by atoms with Crippen LogP contribution in [0.4, 0.5) is 0 Å². The maximum atomic E-state index is 14.7. The molecular formula is C92H155N27O27S3. The molecule has 0 unspecified atom stereocenters. The first-order valence-corrected chi connectivity index (χ1v) is 52.3.